The molecule has 0 radical (unpaired) electrons. The fraction of sp³-hybridized carbons (Fsp3) is 0.429. The molecule has 0 unspecified atom stereocenters. The van der Waals surface area contributed by atoms with Crippen molar-refractivity contribution in [1.82, 2.24) is 9.21 Å². The van der Waals surface area contributed by atoms with E-state index in [2.05, 4.69) is 4.90 Å². The number of methoxy groups -OCH3 is 1. The smallest absolute Gasteiger partial charge is 0.213 e. The molecule has 3 rings (SSSR count). The van der Waals surface area contributed by atoms with Gasteiger partial charge < -0.3 is 9.47 Å². The molecule has 1 saturated heterocycles. The van der Waals surface area contributed by atoms with Crippen LogP contribution >= 0.6 is 0 Å². The van der Waals surface area contributed by atoms with Crippen molar-refractivity contribution < 1.29 is 17.9 Å². The van der Waals surface area contributed by atoms with E-state index < -0.39 is 10.0 Å². The molecule has 0 N–H and O–H groups in total. The zero-order valence-electron chi connectivity index (χ0n) is 16.5. The zero-order chi connectivity index (χ0) is 20.0. The lowest BCUT2D eigenvalue weighted by Gasteiger charge is -2.33. The van der Waals surface area contributed by atoms with Crippen molar-refractivity contribution in [2.24, 2.45) is 0 Å². The van der Waals surface area contributed by atoms with E-state index in [1.54, 1.807) is 18.3 Å². The van der Waals surface area contributed by atoms with E-state index in [0.717, 1.165) is 30.8 Å². The normalized spacial score (nSPS) is 16.1. The van der Waals surface area contributed by atoms with Crippen LogP contribution in [0.15, 0.2) is 48.5 Å². The second kappa shape index (κ2) is 9.41. The Morgan fingerprint density at radius 3 is 2.29 bits per heavy atom. The van der Waals surface area contributed by atoms with Crippen LogP contribution in [0, 0.1) is 0 Å². The van der Waals surface area contributed by atoms with Crippen LogP contribution < -0.4 is 9.47 Å². The predicted molar refractivity (Wildman–Crippen MR) is 110 cm³/mol. The molecule has 1 heterocycles. The lowest BCUT2D eigenvalue weighted by Crippen LogP contribution is -2.48. The number of benzene rings is 2. The maximum absolute atomic E-state index is 12.0. The van der Waals surface area contributed by atoms with Gasteiger partial charge in [0, 0.05) is 32.7 Å². The Balaban J connectivity index is 1.58. The Bertz CT molecular complexity index is 863. The molecule has 0 spiro atoms. The maximum atomic E-state index is 12.0. The standard InChI is InChI=1S/C21H28N2O4S/c1-3-28(24,25)23-13-11-22(12-14-23)16-19-9-10-20(21(15-19)26-2)27-17-18-7-5-4-6-8-18/h4-10,15H,3,11-14,16-17H2,1-2H3. The summed E-state index contributed by atoms with van der Waals surface area (Å²) in [5.74, 6) is 1.59. The van der Waals surface area contributed by atoms with E-state index in [1.165, 1.54) is 0 Å². The van der Waals surface area contributed by atoms with Crippen LogP contribution in [0.1, 0.15) is 18.1 Å². The first-order chi connectivity index (χ1) is 13.5. The number of ether oxygens (including phenoxy) is 2. The topological polar surface area (TPSA) is 59.1 Å². The van der Waals surface area contributed by atoms with E-state index >= 15 is 0 Å². The number of hydrogen-bond donors (Lipinski definition) is 0. The van der Waals surface area contributed by atoms with Crippen molar-refractivity contribution in [2.75, 3.05) is 39.0 Å². The summed E-state index contributed by atoms with van der Waals surface area (Å²) in [5.41, 5.74) is 2.23. The number of nitrogens with zero attached hydrogens (tertiary/aromatic N) is 2. The fourth-order valence-corrected chi connectivity index (χ4v) is 4.36. The van der Waals surface area contributed by atoms with Gasteiger partial charge in [0.15, 0.2) is 11.5 Å². The minimum atomic E-state index is -3.09. The highest BCUT2D eigenvalue weighted by atomic mass is 32.2. The first kappa shape index (κ1) is 20.6. The largest absolute Gasteiger partial charge is 0.493 e. The third kappa shape index (κ3) is 5.25. The molecule has 0 saturated carbocycles. The van der Waals surface area contributed by atoms with Gasteiger partial charge in [-0.3, -0.25) is 4.90 Å². The summed E-state index contributed by atoms with van der Waals surface area (Å²) >= 11 is 0. The zero-order valence-corrected chi connectivity index (χ0v) is 17.3. The van der Waals surface area contributed by atoms with Gasteiger partial charge >= 0.3 is 0 Å². The lowest BCUT2D eigenvalue weighted by molar-refractivity contribution is 0.181. The quantitative estimate of drug-likeness (QED) is 0.677. The van der Waals surface area contributed by atoms with E-state index in [4.69, 9.17) is 9.47 Å². The molecule has 28 heavy (non-hydrogen) atoms. The van der Waals surface area contributed by atoms with Crippen LogP contribution in [0.25, 0.3) is 0 Å². The third-order valence-corrected chi connectivity index (χ3v) is 6.84. The molecule has 1 aliphatic heterocycles. The summed E-state index contributed by atoms with van der Waals surface area (Å²) in [6.45, 7) is 5.49. The molecule has 0 aromatic heterocycles. The van der Waals surface area contributed by atoms with Gasteiger partial charge in [0.1, 0.15) is 6.61 Å². The van der Waals surface area contributed by atoms with Gasteiger partial charge in [-0.2, -0.15) is 4.31 Å². The number of piperazine rings is 1. The van der Waals surface area contributed by atoms with Crippen molar-refractivity contribution >= 4 is 10.0 Å². The maximum Gasteiger partial charge on any atom is 0.213 e. The molecule has 6 nitrogen and oxygen atoms in total. The van der Waals surface area contributed by atoms with Crippen molar-refractivity contribution in [3.63, 3.8) is 0 Å². The average Bonchev–Trinajstić information content (AvgIpc) is 2.74. The van der Waals surface area contributed by atoms with Crippen LogP contribution in [0.5, 0.6) is 11.5 Å². The highest BCUT2D eigenvalue weighted by molar-refractivity contribution is 7.89. The number of rotatable bonds is 8. The van der Waals surface area contributed by atoms with E-state index in [0.29, 0.717) is 31.2 Å². The summed E-state index contributed by atoms with van der Waals surface area (Å²) in [6.07, 6.45) is 0. The van der Waals surface area contributed by atoms with Crippen LogP contribution in [0.3, 0.4) is 0 Å². The van der Waals surface area contributed by atoms with Crippen LogP contribution in [0.2, 0.25) is 0 Å². The van der Waals surface area contributed by atoms with Crippen LogP contribution in [-0.2, 0) is 23.2 Å². The van der Waals surface area contributed by atoms with E-state index in [-0.39, 0.29) is 5.75 Å². The van der Waals surface area contributed by atoms with Crippen molar-refractivity contribution in [3.8, 4) is 11.5 Å². The monoisotopic (exact) mass is 404 g/mol. The molecule has 2 aromatic rings. The van der Waals surface area contributed by atoms with Gasteiger partial charge in [-0.25, -0.2) is 8.42 Å². The average molecular weight is 405 g/mol. The molecule has 1 fully saturated rings. The summed E-state index contributed by atoms with van der Waals surface area (Å²) in [4.78, 5) is 2.26. The SMILES string of the molecule is CCS(=O)(=O)N1CCN(Cc2ccc(OCc3ccccc3)c(OC)c2)CC1. The molecule has 1 aliphatic rings. The summed E-state index contributed by atoms with van der Waals surface area (Å²) in [6, 6.07) is 16.0. The summed E-state index contributed by atoms with van der Waals surface area (Å²) in [7, 11) is -1.45. The summed E-state index contributed by atoms with van der Waals surface area (Å²) < 4.78 is 37.0. The van der Waals surface area contributed by atoms with Gasteiger partial charge in [-0.05, 0) is 30.2 Å². The Morgan fingerprint density at radius 1 is 0.929 bits per heavy atom. The Hall–Kier alpha value is -2.09. The third-order valence-electron chi connectivity index (χ3n) is 4.96. The molecule has 2 aromatic carbocycles. The second-order valence-corrected chi connectivity index (χ2v) is 9.09. The molecular formula is C21H28N2O4S. The van der Waals surface area contributed by atoms with Crippen molar-refractivity contribution in [2.45, 2.75) is 20.1 Å². The van der Waals surface area contributed by atoms with E-state index in [9.17, 15) is 8.42 Å². The fourth-order valence-electron chi connectivity index (χ4n) is 3.27. The van der Waals surface area contributed by atoms with Crippen molar-refractivity contribution in [1.29, 1.82) is 0 Å². The molecule has 152 valence electrons. The molecule has 7 heteroatoms. The van der Waals surface area contributed by atoms with Gasteiger partial charge in [0.2, 0.25) is 10.0 Å². The minimum Gasteiger partial charge on any atom is -0.493 e. The summed E-state index contributed by atoms with van der Waals surface area (Å²) in [5, 5.41) is 0. The Labute approximate surface area is 167 Å². The Kier molecular flexibility index (Phi) is 6.93. The minimum absolute atomic E-state index is 0.161. The lowest BCUT2D eigenvalue weighted by atomic mass is 10.1. The second-order valence-electron chi connectivity index (χ2n) is 6.84. The molecule has 0 aliphatic carbocycles. The van der Waals surface area contributed by atoms with Crippen LogP contribution in [-0.4, -0.2) is 56.7 Å². The van der Waals surface area contributed by atoms with Crippen LogP contribution in [0.4, 0.5) is 0 Å². The van der Waals surface area contributed by atoms with Crippen molar-refractivity contribution in [3.05, 3.63) is 59.7 Å². The van der Waals surface area contributed by atoms with Gasteiger partial charge in [-0.1, -0.05) is 36.4 Å². The van der Waals surface area contributed by atoms with Gasteiger partial charge in [0.25, 0.3) is 0 Å². The highest BCUT2D eigenvalue weighted by Crippen LogP contribution is 2.29. The molecular weight excluding hydrogens is 376 g/mol. The first-order valence-electron chi connectivity index (χ1n) is 9.55. The van der Waals surface area contributed by atoms with Gasteiger partial charge in [0.05, 0.1) is 12.9 Å². The molecule has 0 bridgehead atoms. The van der Waals surface area contributed by atoms with Gasteiger partial charge in [-0.15, -0.1) is 0 Å². The number of hydrogen-bond acceptors (Lipinski definition) is 5. The molecule has 0 amide bonds. The Morgan fingerprint density at radius 2 is 1.64 bits per heavy atom. The predicted octanol–water partition coefficient (Wildman–Crippen LogP) is 2.74. The van der Waals surface area contributed by atoms with E-state index in [1.807, 2.05) is 48.5 Å². The highest BCUT2D eigenvalue weighted by Gasteiger charge is 2.25. The number of sulfonamides is 1. The molecule has 0 atom stereocenters. The first-order valence-corrected chi connectivity index (χ1v) is 11.2.